The Labute approximate surface area is 440 Å². The van der Waals surface area contributed by atoms with Gasteiger partial charge in [0.25, 0.3) is 0 Å². The van der Waals surface area contributed by atoms with Gasteiger partial charge in [-0.3, -0.25) is 19.9 Å². The Bertz CT molecular complexity index is 2770. The molecule has 0 aliphatic rings. The summed E-state index contributed by atoms with van der Waals surface area (Å²) in [7, 11) is -21.3. The van der Waals surface area contributed by atoms with Crippen LogP contribution in [0.1, 0.15) is 48.4 Å². The molecule has 0 unspecified atom stereocenters. The molecule has 0 fully saturated rings. The molecule has 8 rings (SSSR count). The maximum atomic E-state index is 12.6. The molecule has 0 atom stereocenters. The van der Waals surface area contributed by atoms with Gasteiger partial charge in [-0.2, -0.15) is 0 Å². The van der Waals surface area contributed by atoms with Crippen LogP contribution in [0, 0.1) is 0 Å². The molecular weight excluding hydrogens is 1220 g/mol. The number of rotatable bonds is 7. The van der Waals surface area contributed by atoms with Crippen molar-refractivity contribution < 1.29 is 113 Å². The molecule has 74 heavy (non-hydrogen) atoms. The average molecular weight is 1260 g/mol. The van der Waals surface area contributed by atoms with Crippen molar-refractivity contribution in [3.05, 3.63) is 169 Å². The number of pyridine rings is 6. The summed E-state index contributed by atoms with van der Waals surface area (Å²) >= 11 is 0. The van der Waals surface area contributed by atoms with Crippen LogP contribution >= 0.6 is 15.6 Å². The Hall–Kier alpha value is -6.26. The maximum Gasteiger partial charge on any atom is 1.00 e. The summed E-state index contributed by atoms with van der Waals surface area (Å²) in [5.41, 5.74) is 6.72. The predicted molar refractivity (Wildman–Crippen MR) is 253 cm³/mol. The third-order valence-corrected chi connectivity index (χ3v) is 7.87. The summed E-state index contributed by atoms with van der Waals surface area (Å²) in [6.45, 7) is 7.12. The van der Waals surface area contributed by atoms with Crippen LogP contribution in [0.25, 0.3) is 56.0 Å². The number of hydrogen-bond donors (Lipinski definition) is 0. The average Bonchev–Trinajstić information content (AvgIpc) is 3.30. The number of carbonyl (C=O) groups is 3. The van der Waals surface area contributed by atoms with Gasteiger partial charge < -0.3 is 14.3 Å². The van der Waals surface area contributed by atoms with Gasteiger partial charge >= 0.3 is 117 Å². The first kappa shape index (κ1) is 65.8. The number of esters is 2. The number of carbonyl (C=O) groups excluding carboxylic acids is 3. The molecule has 8 aromatic rings. The minimum Gasteiger partial charge on any atom is -0.255 e. The van der Waals surface area contributed by atoms with Crippen molar-refractivity contribution in [2.45, 2.75) is 27.7 Å². The second-order valence-electron chi connectivity index (χ2n) is 14.3. The number of para-hydroxylation sites is 2. The van der Waals surface area contributed by atoms with E-state index < -0.39 is 27.6 Å². The van der Waals surface area contributed by atoms with E-state index >= 15 is 0 Å². The Morgan fingerprint density at radius 1 is 0.405 bits per heavy atom. The third kappa shape index (κ3) is 28.8. The van der Waals surface area contributed by atoms with Crippen LogP contribution in [0.5, 0.6) is 0 Å². The van der Waals surface area contributed by atoms with Crippen LogP contribution in [-0.2, 0) is 53.2 Å². The van der Waals surface area contributed by atoms with Crippen LogP contribution in [0.15, 0.2) is 158 Å². The smallest absolute Gasteiger partial charge is 0.255 e. The van der Waals surface area contributed by atoms with E-state index in [0.29, 0.717) is 44.3 Å². The molecule has 0 saturated heterocycles. The van der Waals surface area contributed by atoms with Crippen LogP contribution in [0.2, 0.25) is 0 Å². The molecule has 27 heteroatoms. The zero-order chi connectivity index (χ0) is 53.9. The third-order valence-electron chi connectivity index (χ3n) is 7.87. The number of Topliss-reactive ketones (excluding diaryl/α,β-unsaturated/α-hetero) is 1. The zero-order valence-corrected chi connectivity index (χ0v) is 44.1. The van der Waals surface area contributed by atoms with Crippen molar-refractivity contribution in [2.75, 3.05) is 13.2 Å². The number of nitrogens with zero attached hydrogens (tertiary/aromatic N) is 6. The van der Waals surface area contributed by atoms with E-state index in [4.69, 9.17) is 9.47 Å². The van der Waals surface area contributed by atoms with E-state index in [2.05, 4.69) is 29.9 Å². The fraction of sp³-hybridized carbons (Fsp3) is 0.128. The minimum atomic E-state index is -10.7. The molecule has 2 aromatic carbocycles. The van der Waals surface area contributed by atoms with Crippen molar-refractivity contribution >= 4 is 55.1 Å². The van der Waals surface area contributed by atoms with Gasteiger partial charge in [0.2, 0.25) is 0 Å². The van der Waals surface area contributed by atoms with Crippen molar-refractivity contribution in [2.24, 2.45) is 0 Å². The van der Waals surface area contributed by atoms with Gasteiger partial charge in [0.1, 0.15) is 5.78 Å². The second kappa shape index (κ2) is 26.3. The van der Waals surface area contributed by atoms with Gasteiger partial charge in [-0.05, 0) is 100 Å². The van der Waals surface area contributed by atoms with E-state index in [1.807, 2.05) is 121 Å². The number of fused-ring (bicyclic) bond motifs is 2. The molecule has 0 saturated carbocycles. The van der Waals surface area contributed by atoms with E-state index in [1.54, 1.807) is 50.8 Å². The van der Waals surface area contributed by atoms with Gasteiger partial charge in [0.15, 0.2) is 0 Å². The van der Waals surface area contributed by atoms with E-state index in [-0.39, 0.29) is 58.0 Å². The van der Waals surface area contributed by atoms with E-state index in [9.17, 15) is 64.7 Å². The molecule has 6 aromatic heterocycles. The number of hydrogen-bond acceptors (Lipinski definition) is 11. The van der Waals surface area contributed by atoms with E-state index in [0.717, 1.165) is 22.8 Å². The van der Waals surface area contributed by atoms with Crippen molar-refractivity contribution in [3.8, 4) is 34.2 Å². The molecule has 2 radical (unpaired) electrons. The van der Waals surface area contributed by atoms with Gasteiger partial charge in [0.05, 0.1) is 69.5 Å². The molecule has 0 bridgehead atoms. The van der Waals surface area contributed by atoms with Crippen LogP contribution in [0.4, 0.5) is 50.4 Å². The normalized spacial score (nSPS) is 12.3. The number of ether oxygens (including phenoxy) is 2. The molecule has 400 valence electrons. The van der Waals surface area contributed by atoms with Crippen LogP contribution in [-0.4, -0.2) is 60.8 Å². The summed E-state index contributed by atoms with van der Waals surface area (Å²) in [6, 6.07) is 41.2. The van der Waals surface area contributed by atoms with Crippen molar-refractivity contribution in [1.82, 2.24) is 29.9 Å². The predicted octanol–water partition coefficient (Wildman–Crippen LogP) is 16.4. The first-order valence-electron chi connectivity index (χ1n) is 20.6. The molecule has 6 heterocycles. The summed E-state index contributed by atoms with van der Waals surface area (Å²) in [6.07, 6.45) is 7.07. The van der Waals surface area contributed by atoms with Gasteiger partial charge in [-0.1, -0.05) is 60.7 Å². The Kier molecular flexibility index (Phi) is 23.4. The van der Waals surface area contributed by atoms with Gasteiger partial charge in [-0.25, -0.2) is 19.6 Å². The fourth-order valence-electron chi connectivity index (χ4n) is 5.43. The topological polar surface area (TPSA) is 147 Å². The SMILES string of the molecule is CC(C)=O.CCOC(=O)c1cc(-c2cc(C(=O)OCC)c3ccccc3n2)nc2ccccc12.F[P-](F)(F)(F)(F)F.F[P-](F)(F)(F)(F)F.[Ru+].[Ru+].c1ccc(-c2ccccn2)nc1.c1ccc(-c2ccccn2)nc1. The summed E-state index contributed by atoms with van der Waals surface area (Å²) in [5, 5.41) is 1.40. The molecule has 0 amide bonds. The zero-order valence-electron chi connectivity index (χ0n) is 38.8. The molecule has 11 nitrogen and oxygen atoms in total. The number of ketones is 1. The Morgan fingerprint density at radius 2 is 0.635 bits per heavy atom. The first-order valence-corrected chi connectivity index (χ1v) is 24.6. The number of halogens is 12. The van der Waals surface area contributed by atoms with Gasteiger partial charge in [-0.15, -0.1) is 0 Å². The van der Waals surface area contributed by atoms with Crippen LogP contribution < -0.4 is 0 Å². The Morgan fingerprint density at radius 3 is 0.851 bits per heavy atom. The fourth-order valence-corrected chi connectivity index (χ4v) is 5.43. The largest absolute Gasteiger partial charge is 1.00 e. The summed E-state index contributed by atoms with van der Waals surface area (Å²) in [5.74, 6) is -0.687. The second-order valence-corrected chi connectivity index (χ2v) is 18.1. The molecule has 0 spiro atoms. The molecule has 0 aliphatic carbocycles. The van der Waals surface area contributed by atoms with E-state index in [1.165, 1.54) is 13.8 Å². The monoisotopic (exact) mass is 1260 g/mol. The Balaban J connectivity index is 0.000000515. The summed E-state index contributed by atoms with van der Waals surface area (Å²) < 4.78 is 129. The van der Waals surface area contributed by atoms with Gasteiger partial charge in [0, 0.05) is 35.6 Å². The van der Waals surface area contributed by atoms with Crippen molar-refractivity contribution in [3.63, 3.8) is 0 Å². The molecule has 0 N–H and O–H groups in total. The summed E-state index contributed by atoms with van der Waals surface area (Å²) in [4.78, 5) is 60.7. The molecule has 0 aliphatic heterocycles. The number of benzene rings is 2. The molecular formula is C47H42F12N6O5P2Ru2. The standard InChI is InChI=1S/C24H20N2O4.2C10H8N2.C3H6O.2F6P.2Ru/c1-3-29-23(27)17-13-21(25-19-11-7-5-9-15(17)19)22-14-18(24(28)30-4-2)16-10-6-8-12-20(16)26-22;2*1-3-7-11-9(5-1)10-6-2-4-8-12-10;1-3(2)4;2*1-7(2,3,4,5)6;;/h5-14H,3-4H2,1-2H3;2*1-8H;1-2H3;;;;/q;;;;2*-1;2*+1. The van der Waals surface area contributed by atoms with Crippen molar-refractivity contribution in [1.29, 1.82) is 0 Å². The van der Waals surface area contributed by atoms with Crippen LogP contribution in [0.3, 0.4) is 0 Å². The minimum absolute atomic E-state index is 0. The maximum absolute atomic E-state index is 12.6. The quantitative estimate of drug-likeness (QED) is 0.0650. The first-order chi connectivity index (χ1) is 33.2. The number of aromatic nitrogens is 6.